The lowest BCUT2D eigenvalue weighted by molar-refractivity contribution is 0.383. The number of nitrogens with zero attached hydrogens (tertiary/aromatic N) is 2. The highest BCUT2D eigenvalue weighted by Crippen LogP contribution is 2.23. The largest absolute Gasteiger partial charge is 0.494 e. The molecule has 0 saturated carbocycles. The van der Waals surface area contributed by atoms with Crippen LogP contribution in [0, 0.1) is 12.7 Å². The molecule has 1 unspecified atom stereocenters. The number of nitrogens with two attached hydrogens (primary N) is 1. The van der Waals surface area contributed by atoms with Crippen LogP contribution in [0.2, 0.25) is 0 Å². The second-order valence-electron chi connectivity index (χ2n) is 4.36. The summed E-state index contributed by atoms with van der Waals surface area (Å²) in [6, 6.07) is 4.56. The molecule has 0 bridgehead atoms. The van der Waals surface area contributed by atoms with Crippen LogP contribution >= 0.6 is 0 Å². The summed E-state index contributed by atoms with van der Waals surface area (Å²) in [4.78, 5) is 8.31. The first-order valence-corrected chi connectivity index (χ1v) is 5.97. The van der Waals surface area contributed by atoms with Crippen molar-refractivity contribution in [3.63, 3.8) is 0 Å². The number of ether oxygens (including phenoxy) is 1. The zero-order valence-electron chi connectivity index (χ0n) is 10.9. The van der Waals surface area contributed by atoms with Gasteiger partial charge in [-0.1, -0.05) is 12.1 Å². The normalized spacial score (nSPS) is 12.2. The van der Waals surface area contributed by atoms with Gasteiger partial charge in [-0.25, -0.2) is 14.4 Å². The molecular formula is C14H16FN3O. The Labute approximate surface area is 111 Å². The van der Waals surface area contributed by atoms with Crippen LogP contribution in [0.15, 0.2) is 30.6 Å². The van der Waals surface area contributed by atoms with Gasteiger partial charge in [0.25, 0.3) is 0 Å². The van der Waals surface area contributed by atoms with E-state index in [1.54, 1.807) is 30.6 Å². The van der Waals surface area contributed by atoms with E-state index in [1.165, 1.54) is 7.11 Å². The summed E-state index contributed by atoms with van der Waals surface area (Å²) in [5.74, 6) is 0.343. The zero-order valence-corrected chi connectivity index (χ0v) is 10.9. The molecule has 100 valence electrons. The van der Waals surface area contributed by atoms with Crippen molar-refractivity contribution >= 4 is 0 Å². The van der Waals surface area contributed by atoms with Crippen molar-refractivity contribution in [3.05, 3.63) is 53.4 Å². The molecular weight excluding hydrogens is 245 g/mol. The van der Waals surface area contributed by atoms with E-state index in [2.05, 4.69) is 9.97 Å². The molecule has 0 spiro atoms. The minimum atomic E-state index is -0.442. The lowest BCUT2D eigenvalue weighted by Crippen LogP contribution is -2.17. The van der Waals surface area contributed by atoms with Crippen LogP contribution in [0.1, 0.15) is 23.0 Å². The molecule has 4 nitrogen and oxygen atoms in total. The summed E-state index contributed by atoms with van der Waals surface area (Å²) in [6.07, 6.45) is 3.72. The van der Waals surface area contributed by atoms with Crippen LogP contribution in [0.4, 0.5) is 4.39 Å². The highest BCUT2D eigenvalue weighted by Gasteiger charge is 2.15. The molecule has 1 aromatic carbocycles. The molecule has 0 aliphatic heterocycles. The van der Waals surface area contributed by atoms with Crippen LogP contribution in [-0.4, -0.2) is 17.1 Å². The highest BCUT2D eigenvalue weighted by molar-refractivity contribution is 5.31. The molecule has 0 radical (unpaired) electrons. The van der Waals surface area contributed by atoms with Gasteiger partial charge in [0.05, 0.1) is 13.2 Å². The maximum atomic E-state index is 14.0. The smallest absolute Gasteiger partial charge is 0.168 e. The third-order valence-electron chi connectivity index (χ3n) is 2.84. The molecule has 1 aromatic heterocycles. The standard InChI is InChI=1S/C14H16FN3O/c1-9-7-17-14(18-8-9)11(16)6-10-4-3-5-12(19-2)13(10)15/h3-5,7-8,11H,6,16H2,1-2H3. The fourth-order valence-corrected chi connectivity index (χ4v) is 1.79. The van der Waals surface area contributed by atoms with Gasteiger partial charge in [0.15, 0.2) is 11.6 Å². The minimum absolute atomic E-state index is 0.217. The molecule has 0 saturated heterocycles. The molecule has 0 aliphatic carbocycles. The Kier molecular flexibility index (Phi) is 4.06. The van der Waals surface area contributed by atoms with Gasteiger partial charge in [0, 0.05) is 12.4 Å². The van der Waals surface area contributed by atoms with Gasteiger partial charge < -0.3 is 10.5 Å². The first-order valence-electron chi connectivity index (χ1n) is 5.97. The fourth-order valence-electron chi connectivity index (χ4n) is 1.79. The first-order chi connectivity index (χ1) is 9.11. The molecule has 5 heteroatoms. The molecule has 0 amide bonds. The quantitative estimate of drug-likeness (QED) is 0.916. The highest BCUT2D eigenvalue weighted by atomic mass is 19.1. The molecule has 0 fully saturated rings. The SMILES string of the molecule is COc1cccc(CC(N)c2ncc(C)cn2)c1F. The molecule has 1 atom stereocenters. The predicted molar refractivity (Wildman–Crippen MR) is 70.4 cm³/mol. The average Bonchev–Trinajstić information content (AvgIpc) is 2.42. The maximum Gasteiger partial charge on any atom is 0.168 e. The predicted octanol–water partition coefficient (Wildman–Crippen LogP) is 2.18. The number of hydrogen-bond donors (Lipinski definition) is 1. The topological polar surface area (TPSA) is 61.0 Å². The summed E-state index contributed by atoms with van der Waals surface area (Å²) < 4.78 is 18.9. The van der Waals surface area contributed by atoms with E-state index in [9.17, 15) is 4.39 Å². The monoisotopic (exact) mass is 261 g/mol. The fraction of sp³-hybridized carbons (Fsp3) is 0.286. The van der Waals surface area contributed by atoms with Crippen molar-refractivity contribution in [1.29, 1.82) is 0 Å². The van der Waals surface area contributed by atoms with E-state index in [4.69, 9.17) is 10.5 Å². The second kappa shape index (κ2) is 5.75. The molecule has 2 rings (SSSR count). The van der Waals surface area contributed by atoms with E-state index >= 15 is 0 Å². The van der Waals surface area contributed by atoms with Gasteiger partial charge in [-0.15, -0.1) is 0 Å². The molecule has 2 N–H and O–H groups in total. The van der Waals surface area contributed by atoms with Gasteiger partial charge in [0.1, 0.15) is 5.82 Å². The summed E-state index contributed by atoms with van der Waals surface area (Å²) >= 11 is 0. The van der Waals surface area contributed by atoms with Crippen molar-refractivity contribution in [1.82, 2.24) is 9.97 Å². The van der Waals surface area contributed by atoms with Crippen molar-refractivity contribution in [2.45, 2.75) is 19.4 Å². The number of aromatic nitrogens is 2. The van der Waals surface area contributed by atoms with Crippen LogP contribution in [-0.2, 0) is 6.42 Å². The van der Waals surface area contributed by atoms with Gasteiger partial charge >= 0.3 is 0 Å². The zero-order chi connectivity index (χ0) is 13.8. The van der Waals surface area contributed by atoms with Crippen LogP contribution in [0.5, 0.6) is 5.75 Å². The van der Waals surface area contributed by atoms with Crippen molar-refractivity contribution in [2.24, 2.45) is 5.73 Å². The number of benzene rings is 1. The molecule has 19 heavy (non-hydrogen) atoms. The Balaban J connectivity index is 2.19. The van der Waals surface area contributed by atoms with Gasteiger partial charge in [-0.2, -0.15) is 0 Å². The Morgan fingerprint density at radius 1 is 1.32 bits per heavy atom. The minimum Gasteiger partial charge on any atom is -0.494 e. The number of aryl methyl sites for hydroxylation is 1. The van der Waals surface area contributed by atoms with Crippen LogP contribution in [0.3, 0.4) is 0 Å². The Bertz CT molecular complexity index is 557. The number of halogens is 1. The Morgan fingerprint density at radius 2 is 2.00 bits per heavy atom. The van der Waals surface area contributed by atoms with E-state index in [0.717, 1.165) is 5.56 Å². The van der Waals surface area contributed by atoms with E-state index < -0.39 is 6.04 Å². The number of rotatable bonds is 4. The van der Waals surface area contributed by atoms with Crippen molar-refractivity contribution in [2.75, 3.05) is 7.11 Å². The lowest BCUT2D eigenvalue weighted by Gasteiger charge is -2.12. The molecule has 1 heterocycles. The van der Waals surface area contributed by atoms with Crippen molar-refractivity contribution in [3.8, 4) is 5.75 Å². The van der Waals surface area contributed by atoms with Crippen LogP contribution < -0.4 is 10.5 Å². The van der Waals surface area contributed by atoms with Crippen molar-refractivity contribution < 1.29 is 9.13 Å². The van der Waals surface area contributed by atoms with Gasteiger partial charge in [-0.3, -0.25) is 0 Å². The summed E-state index contributed by atoms with van der Waals surface area (Å²) in [6.45, 7) is 1.90. The maximum absolute atomic E-state index is 14.0. The Morgan fingerprint density at radius 3 is 2.63 bits per heavy atom. The summed E-state index contributed by atoms with van der Waals surface area (Å²) in [7, 11) is 1.44. The van der Waals surface area contributed by atoms with Gasteiger partial charge in [0.2, 0.25) is 0 Å². The third kappa shape index (κ3) is 3.06. The summed E-state index contributed by atoms with van der Waals surface area (Å²) in [5, 5.41) is 0. The van der Waals surface area contributed by atoms with E-state index in [0.29, 0.717) is 17.8 Å². The lowest BCUT2D eigenvalue weighted by atomic mass is 10.0. The third-order valence-corrected chi connectivity index (χ3v) is 2.84. The van der Waals surface area contributed by atoms with E-state index in [-0.39, 0.29) is 11.6 Å². The number of hydrogen-bond acceptors (Lipinski definition) is 4. The molecule has 0 aliphatic rings. The van der Waals surface area contributed by atoms with Gasteiger partial charge in [-0.05, 0) is 30.5 Å². The van der Waals surface area contributed by atoms with Crippen LogP contribution in [0.25, 0.3) is 0 Å². The van der Waals surface area contributed by atoms with E-state index in [1.807, 2.05) is 6.92 Å². The Hall–Kier alpha value is -2.01. The average molecular weight is 261 g/mol. The summed E-state index contributed by atoms with van der Waals surface area (Å²) in [5.41, 5.74) is 7.46. The second-order valence-corrected chi connectivity index (χ2v) is 4.36. The molecule has 2 aromatic rings. The first kappa shape index (κ1) is 13.4. The number of methoxy groups -OCH3 is 1.